The second-order valence-corrected chi connectivity index (χ2v) is 6.42. The van der Waals surface area contributed by atoms with Gasteiger partial charge in [-0.1, -0.05) is 24.3 Å². The number of benzene rings is 3. The highest BCUT2D eigenvalue weighted by molar-refractivity contribution is 6.07. The third-order valence-corrected chi connectivity index (χ3v) is 4.23. The van der Waals surface area contributed by atoms with Gasteiger partial charge in [-0.2, -0.15) is 0 Å². The van der Waals surface area contributed by atoms with Crippen molar-refractivity contribution in [1.29, 1.82) is 0 Å². The van der Waals surface area contributed by atoms with Gasteiger partial charge < -0.3 is 20.1 Å². The van der Waals surface area contributed by atoms with Crippen LogP contribution in [0.1, 0.15) is 27.6 Å². The number of hydrogen-bond acceptors (Lipinski definition) is 4. The smallest absolute Gasteiger partial charge is 0.255 e. The van der Waals surface area contributed by atoms with Gasteiger partial charge in [0.1, 0.15) is 12.4 Å². The van der Waals surface area contributed by atoms with Crippen molar-refractivity contribution in [1.82, 2.24) is 0 Å². The molecule has 0 radical (unpaired) electrons. The standard InChI is InChI=1S/C24H24N2O4/c1-2-29-15-16-30-22-13-11-18(12-14-22)23(27)26-21-10-6-7-19(17-21)24(28)25-20-8-4-3-5-9-20/h3-14,17H,2,15-16H2,1H3,(H,25,28)(H,26,27). The number of nitrogens with one attached hydrogen (secondary N) is 2. The summed E-state index contributed by atoms with van der Waals surface area (Å²) in [5, 5.41) is 5.64. The van der Waals surface area contributed by atoms with Gasteiger partial charge in [0.2, 0.25) is 0 Å². The third kappa shape index (κ3) is 6.18. The first-order chi connectivity index (χ1) is 14.7. The molecule has 0 heterocycles. The first-order valence-electron chi connectivity index (χ1n) is 9.74. The lowest BCUT2D eigenvalue weighted by molar-refractivity contribution is 0.101. The van der Waals surface area contributed by atoms with E-state index in [2.05, 4.69) is 10.6 Å². The Morgan fingerprint density at radius 2 is 1.40 bits per heavy atom. The Labute approximate surface area is 175 Å². The second kappa shape index (κ2) is 10.8. The number of amides is 2. The van der Waals surface area contributed by atoms with E-state index < -0.39 is 0 Å². The van der Waals surface area contributed by atoms with Crippen molar-refractivity contribution in [2.75, 3.05) is 30.5 Å². The van der Waals surface area contributed by atoms with Crippen LogP contribution in [0.3, 0.4) is 0 Å². The van der Waals surface area contributed by atoms with E-state index in [4.69, 9.17) is 9.47 Å². The fourth-order valence-electron chi connectivity index (χ4n) is 2.73. The summed E-state index contributed by atoms with van der Waals surface area (Å²) in [7, 11) is 0. The van der Waals surface area contributed by atoms with Crippen LogP contribution in [0, 0.1) is 0 Å². The molecule has 30 heavy (non-hydrogen) atoms. The molecule has 0 aliphatic heterocycles. The zero-order chi connectivity index (χ0) is 21.2. The molecule has 0 aliphatic carbocycles. The number of carbonyl (C=O) groups excluding carboxylic acids is 2. The molecule has 0 spiro atoms. The van der Waals surface area contributed by atoms with E-state index in [1.807, 2.05) is 37.3 Å². The Balaban J connectivity index is 1.58. The summed E-state index contributed by atoms with van der Waals surface area (Å²) >= 11 is 0. The summed E-state index contributed by atoms with van der Waals surface area (Å²) in [5.74, 6) is 0.160. The average Bonchev–Trinajstić information content (AvgIpc) is 2.78. The quantitative estimate of drug-likeness (QED) is 0.511. The fourth-order valence-corrected chi connectivity index (χ4v) is 2.73. The Kier molecular flexibility index (Phi) is 7.58. The molecule has 0 aliphatic rings. The van der Waals surface area contributed by atoms with Crippen molar-refractivity contribution in [2.24, 2.45) is 0 Å². The first kappa shape index (κ1) is 21.1. The molecule has 3 rings (SSSR count). The van der Waals surface area contributed by atoms with E-state index in [0.29, 0.717) is 48.1 Å². The molecule has 0 aromatic heterocycles. The second-order valence-electron chi connectivity index (χ2n) is 6.42. The van der Waals surface area contributed by atoms with Crippen molar-refractivity contribution in [3.8, 4) is 5.75 Å². The lowest BCUT2D eigenvalue weighted by Gasteiger charge is -2.09. The maximum atomic E-state index is 12.5. The van der Waals surface area contributed by atoms with Crippen LogP contribution in [0.25, 0.3) is 0 Å². The predicted octanol–water partition coefficient (Wildman–Crippen LogP) is 4.61. The van der Waals surface area contributed by atoms with Gasteiger partial charge >= 0.3 is 0 Å². The van der Waals surface area contributed by atoms with Gasteiger partial charge in [-0.05, 0) is 61.5 Å². The lowest BCUT2D eigenvalue weighted by atomic mass is 10.1. The van der Waals surface area contributed by atoms with Gasteiger partial charge in [0.25, 0.3) is 11.8 Å². The molecule has 0 unspecified atom stereocenters. The molecule has 6 heteroatoms. The van der Waals surface area contributed by atoms with Crippen molar-refractivity contribution in [3.05, 3.63) is 90.0 Å². The van der Waals surface area contributed by atoms with Gasteiger partial charge in [0, 0.05) is 29.1 Å². The zero-order valence-corrected chi connectivity index (χ0v) is 16.8. The molecule has 0 bridgehead atoms. The normalized spacial score (nSPS) is 10.3. The minimum atomic E-state index is -0.267. The Morgan fingerprint density at radius 3 is 2.13 bits per heavy atom. The lowest BCUT2D eigenvalue weighted by Crippen LogP contribution is -2.14. The van der Waals surface area contributed by atoms with Gasteiger partial charge in [0.05, 0.1) is 6.61 Å². The van der Waals surface area contributed by atoms with Crippen LogP contribution < -0.4 is 15.4 Å². The summed E-state index contributed by atoms with van der Waals surface area (Å²) in [4.78, 5) is 25.0. The van der Waals surface area contributed by atoms with Crippen LogP contribution in [0.15, 0.2) is 78.9 Å². The first-order valence-corrected chi connectivity index (χ1v) is 9.74. The highest BCUT2D eigenvalue weighted by Crippen LogP contribution is 2.16. The summed E-state index contributed by atoms with van der Waals surface area (Å²) in [6.07, 6.45) is 0. The molecular weight excluding hydrogens is 380 g/mol. The molecule has 0 atom stereocenters. The molecular formula is C24H24N2O4. The predicted molar refractivity (Wildman–Crippen MR) is 117 cm³/mol. The zero-order valence-electron chi connectivity index (χ0n) is 16.8. The number of para-hydroxylation sites is 1. The van der Waals surface area contributed by atoms with Gasteiger partial charge in [0.15, 0.2) is 0 Å². The minimum absolute atomic E-state index is 0.245. The molecule has 3 aromatic rings. The topological polar surface area (TPSA) is 76.7 Å². The summed E-state index contributed by atoms with van der Waals surface area (Å²) in [5.41, 5.74) is 2.19. The Bertz CT molecular complexity index is 972. The van der Waals surface area contributed by atoms with Crippen LogP contribution in [0.5, 0.6) is 5.75 Å². The maximum absolute atomic E-state index is 12.5. The average molecular weight is 404 g/mol. The van der Waals surface area contributed by atoms with Gasteiger partial charge in [-0.25, -0.2) is 0 Å². The van der Waals surface area contributed by atoms with Crippen molar-refractivity contribution in [3.63, 3.8) is 0 Å². The highest BCUT2D eigenvalue weighted by atomic mass is 16.5. The van der Waals surface area contributed by atoms with Crippen LogP contribution in [0.4, 0.5) is 11.4 Å². The molecule has 0 fully saturated rings. The number of rotatable bonds is 9. The van der Waals surface area contributed by atoms with E-state index in [1.165, 1.54) is 0 Å². The molecule has 2 N–H and O–H groups in total. The van der Waals surface area contributed by atoms with E-state index >= 15 is 0 Å². The molecule has 0 saturated heterocycles. The van der Waals surface area contributed by atoms with Crippen molar-refractivity contribution < 1.29 is 19.1 Å². The largest absolute Gasteiger partial charge is 0.491 e. The van der Waals surface area contributed by atoms with E-state index in [-0.39, 0.29) is 11.8 Å². The third-order valence-electron chi connectivity index (χ3n) is 4.23. The van der Waals surface area contributed by atoms with Crippen LogP contribution in [0.2, 0.25) is 0 Å². The van der Waals surface area contributed by atoms with Crippen LogP contribution >= 0.6 is 0 Å². The summed E-state index contributed by atoms with van der Waals surface area (Å²) in [6.45, 7) is 3.56. The molecule has 3 aromatic carbocycles. The maximum Gasteiger partial charge on any atom is 0.255 e. The van der Waals surface area contributed by atoms with Gasteiger partial charge in [-0.3, -0.25) is 9.59 Å². The van der Waals surface area contributed by atoms with Crippen molar-refractivity contribution in [2.45, 2.75) is 6.92 Å². The fraction of sp³-hybridized carbons (Fsp3) is 0.167. The Hall–Kier alpha value is -3.64. The van der Waals surface area contributed by atoms with Crippen molar-refractivity contribution >= 4 is 23.2 Å². The number of hydrogen-bond donors (Lipinski definition) is 2. The molecule has 6 nitrogen and oxygen atoms in total. The number of anilines is 2. The summed E-state index contributed by atoms with van der Waals surface area (Å²) in [6, 6.07) is 22.9. The summed E-state index contributed by atoms with van der Waals surface area (Å²) < 4.78 is 10.8. The van der Waals surface area contributed by atoms with Crippen LogP contribution in [-0.4, -0.2) is 31.6 Å². The minimum Gasteiger partial charge on any atom is -0.491 e. The van der Waals surface area contributed by atoms with Gasteiger partial charge in [-0.15, -0.1) is 0 Å². The van der Waals surface area contributed by atoms with E-state index in [0.717, 1.165) is 0 Å². The Morgan fingerprint density at radius 1 is 0.733 bits per heavy atom. The van der Waals surface area contributed by atoms with E-state index in [9.17, 15) is 9.59 Å². The molecule has 0 saturated carbocycles. The van der Waals surface area contributed by atoms with E-state index in [1.54, 1.807) is 48.5 Å². The van der Waals surface area contributed by atoms with Crippen LogP contribution in [-0.2, 0) is 4.74 Å². The highest BCUT2D eigenvalue weighted by Gasteiger charge is 2.10. The number of ether oxygens (including phenoxy) is 2. The monoisotopic (exact) mass is 404 g/mol. The SMILES string of the molecule is CCOCCOc1ccc(C(=O)Nc2cccc(C(=O)Nc3ccccc3)c2)cc1. The molecule has 2 amide bonds. The molecule has 154 valence electrons. The number of carbonyl (C=O) groups is 2.